The number of nitrogens with zero attached hydrogens (tertiary/aromatic N) is 1. The SMILES string of the molecule is CCN(CC(=O)Nc1ccccc1C(F)(F)F)C(=O)CCOc1ccc(F)cc1. The first-order chi connectivity index (χ1) is 13.7. The number of alkyl halides is 3. The summed E-state index contributed by atoms with van der Waals surface area (Å²) in [4.78, 5) is 25.6. The summed E-state index contributed by atoms with van der Waals surface area (Å²) in [5.74, 6) is -1.15. The van der Waals surface area contributed by atoms with Crippen molar-refractivity contribution in [2.45, 2.75) is 19.5 Å². The summed E-state index contributed by atoms with van der Waals surface area (Å²) in [6.07, 6.45) is -4.65. The number of carbonyl (C=O) groups is 2. The van der Waals surface area contributed by atoms with Gasteiger partial charge in [-0.05, 0) is 43.3 Å². The Balaban J connectivity index is 1.89. The average Bonchev–Trinajstić information content (AvgIpc) is 2.67. The van der Waals surface area contributed by atoms with Gasteiger partial charge in [-0.15, -0.1) is 0 Å². The van der Waals surface area contributed by atoms with E-state index in [0.717, 1.165) is 12.1 Å². The fourth-order valence-corrected chi connectivity index (χ4v) is 2.52. The monoisotopic (exact) mass is 412 g/mol. The molecule has 156 valence electrons. The molecule has 2 aromatic carbocycles. The number of hydrogen-bond donors (Lipinski definition) is 1. The van der Waals surface area contributed by atoms with Crippen LogP contribution in [0.1, 0.15) is 18.9 Å². The van der Waals surface area contributed by atoms with Crippen molar-refractivity contribution >= 4 is 17.5 Å². The lowest BCUT2D eigenvalue weighted by atomic mass is 10.1. The zero-order chi connectivity index (χ0) is 21.4. The van der Waals surface area contributed by atoms with Crippen LogP contribution >= 0.6 is 0 Å². The number of nitrogens with one attached hydrogen (secondary N) is 1. The first-order valence-corrected chi connectivity index (χ1v) is 8.83. The highest BCUT2D eigenvalue weighted by atomic mass is 19.4. The van der Waals surface area contributed by atoms with Crippen LogP contribution in [0.5, 0.6) is 5.75 Å². The summed E-state index contributed by atoms with van der Waals surface area (Å²) in [5, 5.41) is 2.20. The molecule has 0 saturated carbocycles. The molecule has 0 atom stereocenters. The molecule has 29 heavy (non-hydrogen) atoms. The van der Waals surface area contributed by atoms with Gasteiger partial charge in [-0.1, -0.05) is 12.1 Å². The van der Waals surface area contributed by atoms with Gasteiger partial charge >= 0.3 is 6.18 Å². The van der Waals surface area contributed by atoms with Gasteiger partial charge in [0, 0.05) is 6.54 Å². The molecule has 9 heteroatoms. The Morgan fingerprint density at radius 2 is 1.72 bits per heavy atom. The highest BCUT2D eigenvalue weighted by Gasteiger charge is 2.33. The second kappa shape index (κ2) is 9.90. The van der Waals surface area contributed by atoms with Crippen molar-refractivity contribution in [1.82, 2.24) is 4.90 Å². The van der Waals surface area contributed by atoms with E-state index in [1.807, 2.05) is 0 Å². The van der Waals surface area contributed by atoms with Gasteiger partial charge in [0.15, 0.2) is 0 Å². The smallest absolute Gasteiger partial charge is 0.418 e. The molecule has 0 aliphatic heterocycles. The third-order valence-corrected chi connectivity index (χ3v) is 3.97. The first-order valence-electron chi connectivity index (χ1n) is 8.83. The van der Waals surface area contributed by atoms with E-state index in [9.17, 15) is 27.2 Å². The number of halogens is 4. The minimum atomic E-state index is -4.61. The van der Waals surface area contributed by atoms with Crippen LogP contribution in [-0.4, -0.2) is 36.4 Å². The number of amides is 2. The minimum absolute atomic E-state index is 0.0134. The van der Waals surface area contributed by atoms with Crippen molar-refractivity contribution < 1.29 is 31.9 Å². The Bertz CT molecular complexity index is 838. The highest BCUT2D eigenvalue weighted by molar-refractivity contribution is 5.95. The average molecular weight is 412 g/mol. The second-order valence-electron chi connectivity index (χ2n) is 6.05. The maximum absolute atomic E-state index is 13.0. The van der Waals surface area contributed by atoms with Crippen LogP contribution in [0.3, 0.4) is 0 Å². The standard InChI is InChI=1S/C20H20F4N2O3/c1-2-26(19(28)11-12-29-15-9-7-14(21)8-10-15)13-18(27)25-17-6-4-3-5-16(17)20(22,23)24/h3-10H,2,11-13H2,1H3,(H,25,27). The zero-order valence-electron chi connectivity index (χ0n) is 15.6. The van der Waals surface area contributed by atoms with E-state index in [0.29, 0.717) is 5.75 Å². The summed E-state index contributed by atoms with van der Waals surface area (Å²) >= 11 is 0. The minimum Gasteiger partial charge on any atom is -0.493 e. The van der Waals surface area contributed by atoms with E-state index >= 15 is 0 Å². The van der Waals surface area contributed by atoms with Crippen LogP contribution in [0, 0.1) is 5.82 Å². The molecule has 1 N–H and O–H groups in total. The lowest BCUT2D eigenvalue weighted by molar-refractivity contribution is -0.137. The number of benzene rings is 2. The van der Waals surface area contributed by atoms with Crippen LogP contribution < -0.4 is 10.1 Å². The lowest BCUT2D eigenvalue weighted by Crippen LogP contribution is -2.38. The molecule has 2 rings (SSSR count). The molecule has 0 fully saturated rings. The summed E-state index contributed by atoms with van der Waals surface area (Å²) < 4.78 is 57.2. The Kier molecular flexibility index (Phi) is 7.58. The zero-order valence-corrected chi connectivity index (χ0v) is 15.6. The molecular formula is C20H20F4N2O3. The topological polar surface area (TPSA) is 58.6 Å². The third-order valence-electron chi connectivity index (χ3n) is 3.97. The van der Waals surface area contributed by atoms with Gasteiger partial charge in [-0.2, -0.15) is 13.2 Å². The molecule has 2 amide bonds. The Hall–Kier alpha value is -3.10. The van der Waals surface area contributed by atoms with E-state index in [1.165, 1.54) is 41.3 Å². The Morgan fingerprint density at radius 1 is 1.07 bits per heavy atom. The quantitative estimate of drug-likeness (QED) is 0.665. The van der Waals surface area contributed by atoms with Gasteiger partial charge in [-0.25, -0.2) is 4.39 Å². The molecule has 0 aliphatic rings. The largest absolute Gasteiger partial charge is 0.493 e. The molecular weight excluding hydrogens is 392 g/mol. The molecule has 0 radical (unpaired) electrons. The van der Waals surface area contributed by atoms with Crippen molar-refractivity contribution in [3.8, 4) is 5.75 Å². The maximum atomic E-state index is 13.0. The van der Waals surface area contributed by atoms with Gasteiger partial charge in [0.2, 0.25) is 11.8 Å². The number of hydrogen-bond acceptors (Lipinski definition) is 3. The Morgan fingerprint density at radius 3 is 2.34 bits per heavy atom. The molecule has 0 aliphatic carbocycles. The number of likely N-dealkylation sites (N-methyl/N-ethyl adjacent to an activating group) is 1. The molecule has 2 aromatic rings. The number of rotatable bonds is 8. The van der Waals surface area contributed by atoms with Gasteiger partial charge in [-0.3, -0.25) is 9.59 Å². The molecule has 0 saturated heterocycles. The van der Waals surface area contributed by atoms with Gasteiger partial charge in [0.1, 0.15) is 11.6 Å². The van der Waals surface area contributed by atoms with Crippen molar-refractivity contribution in [2.24, 2.45) is 0 Å². The molecule has 5 nitrogen and oxygen atoms in total. The summed E-state index contributed by atoms with van der Waals surface area (Å²) in [6, 6.07) is 9.89. The maximum Gasteiger partial charge on any atom is 0.418 e. The predicted octanol–water partition coefficient (Wildman–Crippen LogP) is 4.10. The summed E-state index contributed by atoms with van der Waals surface area (Å²) in [7, 11) is 0. The fourth-order valence-electron chi connectivity index (χ4n) is 2.52. The van der Waals surface area contributed by atoms with E-state index in [2.05, 4.69) is 5.32 Å². The van der Waals surface area contributed by atoms with Crippen LogP contribution in [0.4, 0.5) is 23.2 Å². The molecule has 0 aromatic heterocycles. The molecule has 0 heterocycles. The highest BCUT2D eigenvalue weighted by Crippen LogP contribution is 2.34. The Labute approximate surface area is 165 Å². The van der Waals surface area contributed by atoms with Gasteiger partial charge in [0.25, 0.3) is 0 Å². The fraction of sp³-hybridized carbons (Fsp3) is 0.300. The van der Waals surface area contributed by atoms with Crippen LogP contribution in [-0.2, 0) is 15.8 Å². The van der Waals surface area contributed by atoms with E-state index in [4.69, 9.17) is 4.74 Å². The van der Waals surface area contributed by atoms with E-state index in [1.54, 1.807) is 6.92 Å². The summed E-state index contributed by atoms with van der Waals surface area (Å²) in [5.41, 5.74) is -1.33. The normalized spacial score (nSPS) is 11.1. The number of anilines is 1. The van der Waals surface area contributed by atoms with Gasteiger partial charge < -0.3 is 15.0 Å². The van der Waals surface area contributed by atoms with E-state index in [-0.39, 0.29) is 25.3 Å². The predicted molar refractivity (Wildman–Crippen MR) is 98.8 cm³/mol. The van der Waals surface area contributed by atoms with Crippen molar-refractivity contribution in [1.29, 1.82) is 0 Å². The number of para-hydroxylation sites is 1. The van der Waals surface area contributed by atoms with Crippen molar-refractivity contribution in [3.05, 3.63) is 59.9 Å². The molecule has 0 bridgehead atoms. The van der Waals surface area contributed by atoms with Crippen LogP contribution in [0.2, 0.25) is 0 Å². The molecule has 0 unspecified atom stereocenters. The van der Waals surface area contributed by atoms with Crippen molar-refractivity contribution in [3.63, 3.8) is 0 Å². The van der Waals surface area contributed by atoms with Crippen molar-refractivity contribution in [2.75, 3.05) is 25.0 Å². The number of ether oxygens (including phenoxy) is 1. The van der Waals surface area contributed by atoms with Crippen LogP contribution in [0.25, 0.3) is 0 Å². The first kappa shape index (κ1) is 22.2. The lowest BCUT2D eigenvalue weighted by Gasteiger charge is -2.21. The summed E-state index contributed by atoms with van der Waals surface area (Å²) in [6.45, 7) is 1.47. The van der Waals surface area contributed by atoms with E-state index < -0.39 is 35.9 Å². The number of carbonyl (C=O) groups excluding carboxylic acids is 2. The molecule has 0 spiro atoms. The third kappa shape index (κ3) is 6.78. The van der Waals surface area contributed by atoms with Gasteiger partial charge in [0.05, 0.1) is 30.8 Å². The second-order valence-corrected chi connectivity index (χ2v) is 6.05. The van der Waals surface area contributed by atoms with Crippen LogP contribution in [0.15, 0.2) is 48.5 Å².